The summed E-state index contributed by atoms with van der Waals surface area (Å²) in [6.45, 7) is 5.05. The SMILES string of the molecule is Cc1nnc(N[C@H](C)c2cccc(C(F)F)c2F)c2cc(N3C[C@H]4C[C@@H]3CO4)ncc12. The Balaban J connectivity index is 1.50. The third kappa shape index (κ3) is 3.46. The molecule has 3 atom stereocenters. The van der Waals surface area contributed by atoms with Crippen LogP contribution in [0.1, 0.15) is 42.6 Å². The van der Waals surface area contributed by atoms with E-state index in [4.69, 9.17) is 4.74 Å². The summed E-state index contributed by atoms with van der Waals surface area (Å²) in [5.41, 5.74) is 0.268. The fourth-order valence-corrected chi connectivity index (χ4v) is 4.46. The van der Waals surface area contributed by atoms with Gasteiger partial charge >= 0.3 is 0 Å². The predicted molar refractivity (Wildman–Crippen MR) is 111 cm³/mol. The molecule has 5 rings (SSSR count). The van der Waals surface area contributed by atoms with Crippen LogP contribution in [0, 0.1) is 12.7 Å². The van der Waals surface area contributed by atoms with Gasteiger partial charge in [0, 0.05) is 29.1 Å². The summed E-state index contributed by atoms with van der Waals surface area (Å²) in [7, 11) is 0. The Kier molecular flexibility index (Phi) is 4.92. The number of nitrogens with one attached hydrogen (secondary N) is 1. The number of aryl methyl sites for hydroxylation is 1. The van der Waals surface area contributed by atoms with Crippen LogP contribution in [0.15, 0.2) is 30.5 Å². The normalized spacial score (nSPS) is 21.3. The minimum absolute atomic E-state index is 0.150. The molecule has 2 aromatic heterocycles. The zero-order chi connectivity index (χ0) is 21.7. The van der Waals surface area contributed by atoms with E-state index in [-0.39, 0.29) is 11.7 Å². The second-order valence-corrected chi connectivity index (χ2v) is 8.14. The van der Waals surface area contributed by atoms with Crippen molar-refractivity contribution < 1.29 is 17.9 Å². The Hall–Kier alpha value is -2.94. The Morgan fingerprint density at radius 3 is 2.71 bits per heavy atom. The van der Waals surface area contributed by atoms with Crippen LogP contribution in [0.3, 0.4) is 0 Å². The second kappa shape index (κ2) is 7.64. The summed E-state index contributed by atoms with van der Waals surface area (Å²) in [5, 5.41) is 13.3. The van der Waals surface area contributed by atoms with Gasteiger partial charge in [-0.1, -0.05) is 18.2 Å². The van der Waals surface area contributed by atoms with Gasteiger partial charge < -0.3 is 15.0 Å². The molecule has 2 aliphatic heterocycles. The van der Waals surface area contributed by atoms with Crippen molar-refractivity contribution in [1.29, 1.82) is 0 Å². The molecule has 4 heterocycles. The lowest BCUT2D eigenvalue weighted by Crippen LogP contribution is -2.37. The van der Waals surface area contributed by atoms with Crippen LogP contribution in [0.5, 0.6) is 0 Å². The maximum absolute atomic E-state index is 14.6. The molecule has 0 amide bonds. The Labute approximate surface area is 177 Å². The van der Waals surface area contributed by atoms with E-state index < -0.39 is 23.8 Å². The van der Waals surface area contributed by atoms with Crippen molar-refractivity contribution in [3.05, 3.63) is 53.1 Å². The first-order chi connectivity index (χ1) is 14.9. The van der Waals surface area contributed by atoms with Gasteiger partial charge in [0.1, 0.15) is 11.6 Å². The zero-order valence-electron chi connectivity index (χ0n) is 17.1. The molecule has 31 heavy (non-hydrogen) atoms. The van der Waals surface area contributed by atoms with Crippen molar-refractivity contribution in [3.63, 3.8) is 0 Å². The summed E-state index contributed by atoms with van der Waals surface area (Å²) in [6, 6.07) is 5.71. The lowest BCUT2D eigenvalue weighted by atomic mass is 10.0. The van der Waals surface area contributed by atoms with Crippen LogP contribution in [0.25, 0.3) is 10.8 Å². The fourth-order valence-electron chi connectivity index (χ4n) is 4.46. The number of alkyl halides is 2. The third-order valence-electron chi connectivity index (χ3n) is 6.14. The molecular formula is C22H22F3N5O. The highest BCUT2D eigenvalue weighted by Crippen LogP contribution is 2.35. The molecule has 3 aromatic rings. The van der Waals surface area contributed by atoms with Gasteiger partial charge in [0.2, 0.25) is 0 Å². The van der Waals surface area contributed by atoms with E-state index in [1.165, 1.54) is 12.1 Å². The molecule has 0 aliphatic carbocycles. The van der Waals surface area contributed by atoms with E-state index in [9.17, 15) is 13.2 Å². The Morgan fingerprint density at radius 1 is 1.19 bits per heavy atom. The van der Waals surface area contributed by atoms with Gasteiger partial charge in [-0.3, -0.25) is 0 Å². The summed E-state index contributed by atoms with van der Waals surface area (Å²) in [4.78, 5) is 6.86. The van der Waals surface area contributed by atoms with E-state index in [0.29, 0.717) is 18.5 Å². The van der Waals surface area contributed by atoms with Gasteiger partial charge in [-0.25, -0.2) is 18.2 Å². The first-order valence-corrected chi connectivity index (χ1v) is 10.3. The molecule has 0 unspecified atom stereocenters. The maximum Gasteiger partial charge on any atom is 0.266 e. The average Bonchev–Trinajstić information content (AvgIpc) is 3.39. The molecule has 1 N–H and O–H groups in total. The van der Waals surface area contributed by atoms with Crippen LogP contribution < -0.4 is 10.2 Å². The molecule has 162 valence electrons. The molecule has 0 spiro atoms. The highest BCUT2D eigenvalue weighted by Gasteiger charge is 2.39. The van der Waals surface area contributed by atoms with Crippen molar-refractivity contribution in [2.45, 2.75) is 44.9 Å². The summed E-state index contributed by atoms with van der Waals surface area (Å²) in [6.07, 6.45) is 0.132. The first kappa shape index (κ1) is 20.0. The van der Waals surface area contributed by atoms with E-state index in [1.807, 2.05) is 13.0 Å². The monoisotopic (exact) mass is 429 g/mol. The molecule has 2 aliphatic rings. The lowest BCUT2D eigenvalue weighted by Gasteiger charge is -2.28. The number of benzene rings is 1. The van der Waals surface area contributed by atoms with Gasteiger partial charge in [0.05, 0.1) is 36.1 Å². The molecule has 2 saturated heterocycles. The Bertz CT molecular complexity index is 1140. The van der Waals surface area contributed by atoms with Gasteiger partial charge in [-0.15, -0.1) is 5.10 Å². The quantitative estimate of drug-likeness (QED) is 0.642. The van der Waals surface area contributed by atoms with Crippen molar-refractivity contribution in [2.24, 2.45) is 0 Å². The lowest BCUT2D eigenvalue weighted by molar-refractivity contribution is 0.0989. The fraction of sp³-hybridized carbons (Fsp3) is 0.409. The number of pyridine rings is 1. The van der Waals surface area contributed by atoms with Crippen LogP contribution in [0.4, 0.5) is 24.8 Å². The Morgan fingerprint density at radius 2 is 2.00 bits per heavy atom. The van der Waals surface area contributed by atoms with Gasteiger partial charge in [-0.05, 0) is 26.3 Å². The number of anilines is 2. The number of fused-ring (bicyclic) bond motifs is 3. The van der Waals surface area contributed by atoms with Crippen molar-refractivity contribution in [1.82, 2.24) is 15.2 Å². The van der Waals surface area contributed by atoms with Crippen LogP contribution in [0.2, 0.25) is 0 Å². The number of rotatable bonds is 5. The minimum atomic E-state index is -2.87. The smallest absolute Gasteiger partial charge is 0.266 e. The van der Waals surface area contributed by atoms with E-state index in [0.717, 1.165) is 41.3 Å². The molecule has 9 heteroatoms. The third-order valence-corrected chi connectivity index (χ3v) is 6.14. The summed E-state index contributed by atoms with van der Waals surface area (Å²) < 4.78 is 46.5. The molecule has 2 bridgehead atoms. The van der Waals surface area contributed by atoms with Gasteiger partial charge in [-0.2, -0.15) is 5.10 Å². The maximum atomic E-state index is 14.6. The van der Waals surface area contributed by atoms with E-state index in [1.54, 1.807) is 13.1 Å². The van der Waals surface area contributed by atoms with Crippen LogP contribution >= 0.6 is 0 Å². The van der Waals surface area contributed by atoms with Gasteiger partial charge in [0.15, 0.2) is 5.82 Å². The number of hydrogen-bond donors (Lipinski definition) is 1. The number of halogens is 3. The van der Waals surface area contributed by atoms with Crippen molar-refractivity contribution >= 4 is 22.4 Å². The highest BCUT2D eigenvalue weighted by molar-refractivity contribution is 5.94. The highest BCUT2D eigenvalue weighted by atomic mass is 19.3. The summed E-state index contributed by atoms with van der Waals surface area (Å²) >= 11 is 0. The molecule has 2 fully saturated rings. The molecular weight excluding hydrogens is 407 g/mol. The summed E-state index contributed by atoms with van der Waals surface area (Å²) in [5.74, 6) is 0.383. The first-order valence-electron chi connectivity index (χ1n) is 10.3. The zero-order valence-corrected chi connectivity index (χ0v) is 17.1. The van der Waals surface area contributed by atoms with E-state index in [2.05, 4.69) is 25.4 Å². The van der Waals surface area contributed by atoms with Crippen molar-refractivity contribution in [2.75, 3.05) is 23.4 Å². The number of aromatic nitrogens is 3. The molecule has 0 radical (unpaired) electrons. The standard InChI is InChI=1S/C22H22F3N5O/c1-11(15-4-3-5-16(20(15)23)21(24)25)27-22-17-7-19(26-8-18(17)12(2)28-29-22)30-9-14-6-13(30)10-31-14/h3-5,7-8,11,13-14,21H,6,9-10H2,1-2H3,(H,27,29)/t11-,13-,14-/m1/s1. The topological polar surface area (TPSA) is 63.2 Å². The van der Waals surface area contributed by atoms with Crippen LogP contribution in [-0.2, 0) is 4.74 Å². The van der Waals surface area contributed by atoms with Gasteiger partial charge in [0.25, 0.3) is 6.43 Å². The molecule has 6 nitrogen and oxygen atoms in total. The van der Waals surface area contributed by atoms with E-state index >= 15 is 0 Å². The number of nitrogens with zero attached hydrogens (tertiary/aromatic N) is 4. The minimum Gasteiger partial charge on any atom is -0.374 e. The number of morpholine rings is 1. The molecule has 1 aromatic carbocycles. The average molecular weight is 429 g/mol. The second-order valence-electron chi connectivity index (χ2n) is 8.14. The number of hydrogen-bond acceptors (Lipinski definition) is 6. The number of ether oxygens (including phenoxy) is 1. The largest absolute Gasteiger partial charge is 0.374 e. The predicted octanol–water partition coefficient (Wildman–Crippen LogP) is 4.56. The van der Waals surface area contributed by atoms with Crippen LogP contribution in [-0.4, -0.2) is 40.5 Å². The van der Waals surface area contributed by atoms with Crippen molar-refractivity contribution in [3.8, 4) is 0 Å². The molecule has 0 saturated carbocycles.